The number of ether oxygens (including phenoxy) is 1. The van der Waals surface area contributed by atoms with Gasteiger partial charge >= 0.3 is 6.09 Å². The molecule has 0 aromatic carbocycles. The molecule has 6 nitrogen and oxygen atoms in total. The van der Waals surface area contributed by atoms with E-state index < -0.39 is 16.9 Å². The van der Waals surface area contributed by atoms with E-state index in [2.05, 4.69) is 0 Å². The largest absolute Gasteiger partial charge is 0.760 e. The molecular weight excluding hydrogens is 256 g/mol. The smallest absolute Gasteiger partial charge is 0.410 e. The van der Waals surface area contributed by atoms with Crippen LogP contribution in [0.15, 0.2) is 0 Å². The third-order valence-electron chi connectivity index (χ3n) is 2.80. The van der Waals surface area contributed by atoms with Crippen molar-refractivity contribution in [3.8, 4) is 0 Å². The van der Waals surface area contributed by atoms with Crippen molar-refractivity contribution < 1.29 is 18.3 Å². The maximum atomic E-state index is 11.9. The summed E-state index contributed by atoms with van der Waals surface area (Å²) < 4.78 is 28.3. The second kappa shape index (κ2) is 5.99. The first kappa shape index (κ1) is 15.4. The normalized spacial score (nSPS) is 23.0. The summed E-state index contributed by atoms with van der Waals surface area (Å²) in [6.45, 7) is 6.44. The molecule has 2 atom stereocenters. The lowest BCUT2D eigenvalue weighted by atomic mass is 10.1. The third-order valence-corrected chi connectivity index (χ3v) is 3.57. The molecule has 0 aromatic heterocycles. The van der Waals surface area contributed by atoms with Crippen LogP contribution < -0.4 is 0 Å². The second-order valence-corrected chi connectivity index (χ2v) is 6.50. The Kier molecular flexibility index (Phi) is 5.12. The molecule has 1 aliphatic rings. The van der Waals surface area contributed by atoms with Gasteiger partial charge in [0.2, 0.25) is 0 Å². The number of carbonyl (C=O) groups is 1. The fourth-order valence-corrected chi connectivity index (χ4v) is 2.28. The van der Waals surface area contributed by atoms with Crippen molar-refractivity contribution in [1.82, 2.24) is 9.21 Å². The molecule has 0 spiro atoms. The second-order valence-electron chi connectivity index (χ2n) is 5.49. The van der Waals surface area contributed by atoms with Gasteiger partial charge in [0, 0.05) is 30.4 Å². The predicted molar refractivity (Wildman–Crippen MR) is 67.5 cm³/mol. The number of likely N-dealkylation sites (N-methyl/N-ethyl adjacent to an activating group) is 1. The molecule has 0 N–H and O–H groups in total. The number of piperidine rings is 1. The highest BCUT2D eigenvalue weighted by Crippen LogP contribution is 2.18. The summed E-state index contributed by atoms with van der Waals surface area (Å²) in [7, 11) is 1.52. The zero-order chi connectivity index (χ0) is 13.9. The fourth-order valence-electron chi connectivity index (χ4n) is 1.87. The standard InChI is InChI=1S/C11H22N2O4S/c1-11(2,3)17-10(14)13-7-5-6-9(8-13)12(4)18(15)16/h9H,5-8H2,1-4H3,(H,15,16)/p-1. The van der Waals surface area contributed by atoms with E-state index in [0.717, 1.165) is 12.8 Å². The molecule has 0 saturated carbocycles. The summed E-state index contributed by atoms with van der Waals surface area (Å²) in [6.07, 6.45) is 1.17. The van der Waals surface area contributed by atoms with Crippen LogP contribution in [-0.4, -0.2) is 55.8 Å². The number of nitrogens with zero attached hydrogens (tertiary/aromatic N) is 2. The molecular formula is C11H21N2O4S-. The van der Waals surface area contributed by atoms with E-state index >= 15 is 0 Å². The summed E-state index contributed by atoms with van der Waals surface area (Å²) >= 11 is -2.25. The molecule has 1 rings (SSSR count). The number of hydrogen-bond acceptors (Lipinski definition) is 4. The Morgan fingerprint density at radius 2 is 2.11 bits per heavy atom. The van der Waals surface area contributed by atoms with Crippen molar-refractivity contribution in [2.75, 3.05) is 20.1 Å². The van der Waals surface area contributed by atoms with Crippen LogP contribution >= 0.6 is 0 Å². The van der Waals surface area contributed by atoms with Gasteiger partial charge in [-0.25, -0.2) is 9.10 Å². The van der Waals surface area contributed by atoms with Gasteiger partial charge in [-0.1, -0.05) is 0 Å². The van der Waals surface area contributed by atoms with Gasteiger partial charge in [-0.3, -0.25) is 4.21 Å². The van der Waals surface area contributed by atoms with Crippen LogP contribution in [-0.2, 0) is 16.0 Å². The molecule has 0 aliphatic carbocycles. The lowest BCUT2D eigenvalue weighted by molar-refractivity contribution is 0.0162. The molecule has 0 aromatic rings. The Morgan fingerprint density at radius 1 is 1.50 bits per heavy atom. The number of hydrogen-bond donors (Lipinski definition) is 0. The lowest BCUT2D eigenvalue weighted by Crippen LogP contribution is -2.50. The van der Waals surface area contributed by atoms with E-state index in [1.807, 2.05) is 20.8 Å². The van der Waals surface area contributed by atoms with Gasteiger partial charge in [0.05, 0.1) is 0 Å². The molecule has 18 heavy (non-hydrogen) atoms. The maximum absolute atomic E-state index is 11.9. The van der Waals surface area contributed by atoms with E-state index in [-0.39, 0.29) is 12.1 Å². The minimum Gasteiger partial charge on any atom is -0.760 e. The Hall–Kier alpha value is -0.660. The van der Waals surface area contributed by atoms with Gasteiger partial charge in [0.1, 0.15) is 5.60 Å². The fraction of sp³-hybridized carbons (Fsp3) is 0.909. The first-order chi connectivity index (χ1) is 8.20. The van der Waals surface area contributed by atoms with Crippen LogP contribution in [0.25, 0.3) is 0 Å². The van der Waals surface area contributed by atoms with Crippen LogP contribution in [0.2, 0.25) is 0 Å². The van der Waals surface area contributed by atoms with Crippen molar-refractivity contribution in [3.05, 3.63) is 0 Å². The Balaban J connectivity index is 2.58. The number of amides is 1. The van der Waals surface area contributed by atoms with Gasteiger partial charge < -0.3 is 14.2 Å². The number of likely N-dealkylation sites (tertiary alicyclic amines) is 1. The highest BCUT2D eigenvalue weighted by Gasteiger charge is 2.29. The van der Waals surface area contributed by atoms with E-state index in [1.165, 1.54) is 11.4 Å². The van der Waals surface area contributed by atoms with Gasteiger partial charge in [-0.15, -0.1) is 0 Å². The zero-order valence-electron chi connectivity index (χ0n) is 11.3. The SMILES string of the molecule is CN(C1CCCN(C(=O)OC(C)(C)C)C1)S(=O)[O-]. The summed E-state index contributed by atoms with van der Waals surface area (Å²) in [6, 6.07) is -0.162. The van der Waals surface area contributed by atoms with Crippen molar-refractivity contribution >= 4 is 17.4 Å². The topological polar surface area (TPSA) is 72.9 Å². The van der Waals surface area contributed by atoms with Crippen LogP contribution in [0.3, 0.4) is 0 Å². The first-order valence-electron chi connectivity index (χ1n) is 6.01. The average Bonchev–Trinajstić information content (AvgIpc) is 2.25. The molecule has 1 fully saturated rings. The van der Waals surface area contributed by atoms with Crippen LogP contribution in [0.4, 0.5) is 4.79 Å². The monoisotopic (exact) mass is 277 g/mol. The van der Waals surface area contributed by atoms with Gasteiger partial charge in [-0.2, -0.15) is 0 Å². The Bertz CT molecular complexity index is 329. The highest BCUT2D eigenvalue weighted by molar-refractivity contribution is 7.76. The first-order valence-corrected chi connectivity index (χ1v) is 7.04. The minimum absolute atomic E-state index is 0.162. The van der Waals surface area contributed by atoms with E-state index in [9.17, 15) is 13.6 Å². The van der Waals surface area contributed by atoms with Crippen LogP contribution in [0.1, 0.15) is 33.6 Å². The Labute approximate surface area is 111 Å². The summed E-state index contributed by atoms with van der Waals surface area (Å²) in [5.74, 6) is 0. The third kappa shape index (κ3) is 4.55. The summed E-state index contributed by atoms with van der Waals surface area (Å²) in [4.78, 5) is 13.5. The maximum Gasteiger partial charge on any atom is 0.410 e. The van der Waals surface area contributed by atoms with Crippen molar-refractivity contribution in [1.29, 1.82) is 0 Å². The van der Waals surface area contributed by atoms with Crippen molar-refractivity contribution in [2.24, 2.45) is 0 Å². The molecule has 0 bridgehead atoms. The quantitative estimate of drug-likeness (QED) is 0.709. The molecule has 7 heteroatoms. The average molecular weight is 277 g/mol. The molecule has 1 aliphatic heterocycles. The van der Waals surface area contributed by atoms with Crippen molar-refractivity contribution in [3.63, 3.8) is 0 Å². The van der Waals surface area contributed by atoms with Crippen molar-refractivity contribution in [2.45, 2.75) is 45.3 Å². The summed E-state index contributed by atoms with van der Waals surface area (Å²) in [5, 5.41) is 0. The van der Waals surface area contributed by atoms with E-state index in [4.69, 9.17) is 4.74 Å². The molecule has 0 radical (unpaired) electrons. The molecule has 1 amide bonds. The van der Waals surface area contributed by atoms with Gasteiger partial charge in [0.25, 0.3) is 0 Å². The van der Waals surface area contributed by atoms with Gasteiger partial charge in [0.15, 0.2) is 0 Å². The molecule has 106 valence electrons. The predicted octanol–water partition coefficient (Wildman–Crippen LogP) is 1.11. The zero-order valence-corrected chi connectivity index (χ0v) is 12.2. The van der Waals surface area contributed by atoms with Crippen LogP contribution in [0.5, 0.6) is 0 Å². The summed E-state index contributed by atoms with van der Waals surface area (Å²) in [5.41, 5.74) is -0.530. The minimum atomic E-state index is -2.25. The number of carbonyl (C=O) groups excluding carboxylic acids is 1. The molecule has 2 unspecified atom stereocenters. The molecule has 1 saturated heterocycles. The molecule has 1 heterocycles. The van der Waals surface area contributed by atoms with Crippen LogP contribution in [0, 0.1) is 0 Å². The lowest BCUT2D eigenvalue weighted by Gasteiger charge is -2.38. The highest BCUT2D eigenvalue weighted by atomic mass is 32.2. The van der Waals surface area contributed by atoms with E-state index in [0.29, 0.717) is 13.1 Å². The van der Waals surface area contributed by atoms with Gasteiger partial charge in [-0.05, 0) is 40.7 Å². The Morgan fingerprint density at radius 3 is 2.61 bits per heavy atom. The van der Waals surface area contributed by atoms with E-state index in [1.54, 1.807) is 4.90 Å². The number of rotatable bonds is 2.